The molecule has 3 aromatic rings. The predicted molar refractivity (Wildman–Crippen MR) is 112 cm³/mol. The number of thiophene rings is 2. The molecule has 0 saturated heterocycles. The third kappa shape index (κ3) is 3.96. The van der Waals surface area contributed by atoms with Gasteiger partial charge in [-0.3, -0.25) is 9.59 Å². The van der Waals surface area contributed by atoms with Crippen LogP contribution in [0.15, 0.2) is 36.0 Å². The fourth-order valence-corrected chi connectivity index (χ4v) is 5.52. The first-order valence-electron chi connectivity index (χ1n) is 9.16. The number of rotatable bonds is 6. The van der Waals surface area contributed by atoms with Crippen LogP contribution in [0.5, 0.6) is 0 Å². The van der Waals surface area contributed by atoms with Gasteiger partial charge < -0.3 is 20.4 Å². The molecule has 7 nitrogen and oxygen atoms in total. The van der Waals surface area contributed by atoms with Crippen molar-refractivity contribution in [3.8, 4) is 5.69 Å². The van der Waals surface area contributed by atoms with Gasteiger partial charge in [-0.2, -0.15) is 0 Å². The first-order valence-corrected chi connectivity index (χ1v) is 10.9. The lowest BCUT2D eigenvalue weighted by Gasteiger charge is -2.11. The molecule has 3 aromatic heterocycles. The first-order chi connectivity index (χ1) is 14.0. The molecule has 9 heteroatoms. The van der Waals surface area contributed by atoms with E-state index in [2.05, 4.69) is 5.32 Å². The van der Waals surface area contributed by atoms with Gasteiger partial charge in [0.25, 0.3) is 11.8 Å². The van der Waals surface area contributed by atoms with Gasteiger partial charge in [-0.1, -0.05) is 0 Å². The van der Waals surface area contributed by atoms with Crippen molar-refractivity contribution in [2.24, 2.45) is 5.73 Å². The van der Waals surface area contributed by atoms with Crippen LogP contribution in [-0.4, -0.2) is 29.0 Å². The van der Waals surface area contributed by atoms with Crippen LogP contribution in [0.2, 0.25) is 0 Å². The molecule has 0 unspecified atom stereocenters. The Bertz CT molecular complexity index is 1070. The van der Waals surface area contributed by atoms with E-state index in [1.54, 1.807) is 5.38 Å². The summed E-state index contributed by atoms with van der Waals surface area (Å²) in [5.74, 6) is -1.62. The van der Waals surface area contributed by atoms with Crippen LogP contribution < -0.4 is 11.1 Å². The largest absolute Gasteiger partial charge is 0.451 e. The summed E-state index contributed by atoms with van der Waals surface area (Å²) in [6.07, 6.45) is 7.38. The number of nitrogens with two attached hydrogens (primary N) is 1. The molecule has 150 valence electrons. The van der Waals surface area contributed by atoms with Gasteiger partial charge in [0.15, 0.2) is 6.61 Å². The number of fused-ring (bicyclic) bond motifs is 1. The van der Waals surface area contributed by atoms with Crippen LogP contribution in [0.1, 0.15) is 43.3 Å². The number of primary amides is 1. The maximum absolute atomic E-state index is 12.4. The monoisotopic (exact) mass is 429 g/mol. The van der Waals surface area contributed by atoms with Crippen LogP contribution in [0.3, 0.4) is 0 Å². The number of aromatic nitrogens is 1. The Balaban J connectivity index is 1.43. The summed E-state index contributed by atoms with van der Waals surface area (Å²) in [5, 5.41) is 4.92. The number of amides is 2. The second kappa shape index (κ2) is 8.22. The van der Waals surface area contributed by atoms with Crippen molar-refractivity contribution < 1.29 is 19.1 Å². The van der Waals surface area contributed by atoms with Crippen molar-refractivity contribution in [1.82, 2.24) is 4.57 Å². The molecule has 4 rings (SSSR count). The molecule has 3 N–H and O–H groups in total. The lowest BCUT2D eigenvalue weighted by Crippen LogP contribution is -2.23. The standard InChI is InChI=1S/C20H19N3O4S2/c21-18(25)16-12-5-1-2-6-14(12)29-19(16)22-15(24)11-27-20(26)17-13(7-10-28-17)23-8-3-4-9-23/h3-4,7-10H,1-2,5-6,11H2,(H2,21,25)(H,22,24). The molecule has 0 saturated carbocycles. The van der Waals surface area contributed by atoms with Gasteiger partial charge in [0.2, 0.25) is 0 Å². The SMILES string of the molecule is NC(=O)c1c(NC(=O)COC(=O)c2sccc2-n2cccc2)sc2c1CCCC2. The van der Waals surface area contributed by atoms with Crippen molar-refractivity contribution in [1.29, 1.82) is 0 Å². The second-order valence-corrected chi connectivity index (χ2v) is 8.65. The van der Waals surface area contributed by atoms with Crippen LogP contribution in [0.4, 0.5) is 5.00 Å². The molecule has 1 aliphatic carbocycles. The molecule has 29 heavy (non-hydrogen) atoms. The highest BCUT2D eigenvalue weighted by Crippen LogP contribution is 2.37. The molecule has 0 radical (unpaired) electrons. The fraction of sp³-hybridized carbons (Fsp3) is 0.250. The lowest BCUT2D eigenvalue weighted by atomic mass is 9.95. The molecule has 0 spiro atoms. The summed E-state index contributed by atoms with van der Waals surface area (Å²) < 4.78 is 7.00. The minimum Gasteiger partial charge on any atom is -0.451 e. The van der Waals surface area contributed by atoms with E-state index < -0.39 is 24.4 Å². The van der Waals surface area contributed by atoms with E-state index >= 15 is 0 Å². The maximum Gasteiger partial charge on any atom is 0.350 e. The Morgan fingerprint density at radius 1 is 1.17 bits per heavy atom. The Morgan fingerprint density at radius 3 is 2.69 bits per heavy atom. The predicted octanol–water partition coefficient (Wildman–Crippen LogP) is 3.37. The van der Waals surface area contributed by atoms with Gasteiger partial charge in [0.1, 0.15) is 9.88 Å². The topological polar surface area (TPSA) is 103 Å². The smallest absolute Gasteiger partial charge is 0.350 e. The molecule has 0 fully saturated rings. The Morgan fingerprint density at radius 2 is 1.93 bits per heavy atom. The molecule has 3 heterocycles. The number of aryl methyl sites for hydroxylation is 1. The van der Waals surface area contributed by atoms with Gasteiger partial charge in [-0.05, 0) is 54.8 Å². The first kappa shape index (κ1) is 19.4. The summed E-state index contributed by atoms with van der Waals surface area (Å²) in [7, 11) is 0. The Labute approximate surface area is 175 Å². The highest BCUT2D eigenvalue weighted by Gasteiger charge is 2.25. The Hall–Kier alpha value is -2.91. The quantitative estimate of drug-likeness (QED) is 0.586. The molecular weight excluding hydrogens is 410 g/mol. The van der Waals surface area contributed by atoms with Crippen LogP contribution in [-0.2, 0) is 22.4 Å². The van der Waals surface area contributed by atoms with E-state index in [-0.39, 0.29) is 0 Å². The number of hydrogen-bond acceptors (Lipinski definition) is 6. The highest BCUT2D eigenvalue weighted by molar-refractivity contribution is 7.17. The number of anilines is 1. The zero-order valence-electron chi connectivity index (χ0n) is 15.5. The summed E-state index contributed by atoms with van der Waals surface area (Å²) in [6, 6.07) is 5.53. The van der Waals surface area contributed by atoms with E-state index in [0.29, 0.717) is 21.1 Å². The minimum atomic E-state index is -0.570. The Kier molecular flexibility index (Phi) is 5.50. The van der Waals surface area contributed by atoms with Gasteiger partial charge in [-0.15, -0.1) is 22.7 Å². The number of carbonyl (C=O) groups is 3. The molecule has 0 aliphatic heterocycles. The molecule has 1 aliphatic rings. The van der Waals surface area contributed by atoms with Crippen molar-refractivity contribution in [2.45, 2.75) is 25.7 Å². The molecule has 0 bridgehead atoms. The summed E-state index contributed by atoms with van der Waals surface area (Å²) in [6.45, 7) is -0.442. The van der Waals surface area contributed by atoms with Gasteiger partial charge >= 0.3 is 5.97 Å². The normalized spacial score (nSPS) is 13.0. The minimum absolute atomic E-state index is 0.387. The maximum atomic E-state index is 12.4. The van der Waals surface area contributed by atoms with E-state index in [1.165, 1.54) is 22.7 Å². The molecule has 0 atom stereocenters. The van der Waals surface area contributed by atoms with E-state index in [9.17, 15) is 14.4 Å². The van der Waals surface area contributed by atoms with Crippen molar-refractivity contribution >= 4 is 45.5 Å². The third-order valence-corrected chi connectivity index (χ3v) is 6.81. The third-order valence-electron chi connectivity index (χ3n) is 4.72. The van der Waals surface area contributed by atoms with E-state index in [1.807, 2.05) is 35.2 Å². The number of ether oxygens (including phenoxy) is 1. The molecule has 2 amide bonds. The summed E-state index contributed by atoms with van der Waals surface area (Å²) in [4.78, 5) is 38.2. The van der Waals surface area contributed by atoms with Gasteiger partial charge in [-0.25, -0.2) is 4.79 Å². The summed E-state index contributed by atoms with van der Waals surface area (Å²) in [5.41, 5.74) is 7.57. The number of esters is 1. The zero-order valence-corrected chi connectivity index (χ0v) is 17.1. The zero-order chi connectivity index (χ0) is 20.4. The highest BCUT2D eigenvalue weighted by atomic mass is 32.1. The average molecular weight is 430 g/mol. The number of nitrogens with zero attached hydrogens (tertiary/aromatic N) is 1. The van der Waals surface area contributed by atoms with Crippen molar-refractivity contribution in [3.63, 3.8) is 0 Å². The number of hydrogen-bond donors (Lipinski definition) is 2. The van der Waals surface area contributed by atoms with Crippen LogP contribution >= 0.6 is 22.7 Å². The fourth-order valence-electron chi connectivity index (χ4n) is 3.43. The van der Waals surface area contributed by atoms with Crippen molar-refractivity contribution in [3.05, 3.63) is 56.9 Å². The molecular formula is C20H19N3O4S2. The second-order valence-electron chi connectivity index (χ2n) is 6.63. The van der Waals surface area contributed by atoms with Crippen LogP contribution in [0.25, 0.3) is 5.69 Å². The van der Waals surface area contributed by atoms with Crippen LogP contribution in [0, 0.1) is 0 Å². The van der Waals surface area contributed by atoms with Gasteiger partial charge in [0, 0.05) is 17.3 Å². The average Bonchev–Trinajstić information content (AvgIpc) is 3.43. The van der Waals surface area contributed by atoms with Gasteiger partial charge in [0.05, 0.1) is 11.3 Å². The van der Waals surface area contributed by atoms with E-state index in [0.717, 1.165) is 36.1 Å². The number of nitrogens with one attached hydrogen (secondary N) is 1. The van der Waals surface area contributed by atoms with E-state index in [4.69, 9.17) is 10.5 Å². The summed E-state index contributed by atoms with van der Waals surface area (Å²) >= 11 is 2.63. The lowest BCUT2D eigenvalue weighted by molar-refractivity contribution is -0.119. The van der Waals surface area contributed by atoms with Crippen molar-refractivity contribution in [2.75, 3.05) is 11.9 Å². The molecule has 0 aromatic carbocycles. The number of carbonyl (C=O) groups excluding carboxylic acids is 3.